The van der Waals surface area contributed by atoms with E-state index in [1.165, 1.54) is 18.2 Å². The van der Waals surface area contributed by atoms with Gasteiger partial charge in [-0.2, -0.15) is 0 Å². The monoisotopic (exact) mass is 416 g/mol. The number of furan rings is 1. The van der Waals surface area contributed by atoms with E-state index in [1.54, 1.807) is 30.3 Å². The van der Waals surface area contributed by atoms with Gasteiger partial charge < -0.3 is 19.2 Å². The molecule has 0 fully saturated rings. The van der Waals surface area contributed by atoms with Crippen molar-refractivity contribution < 1.29 is 23.6 Å². The molecular weight excluding hydrogens is 400 g/mol. The van der Waals surface area contributed by atoms with E-state index in [2.05, 4.69) is 5.32 Å². The van der Waals surface area contributed by atoms with Crippen LogP contribution in [0.5, 0.6) is 11.5 Å². The average Bonchev–Trinajstić information content (AvgIpc) is 3.18. The Kier molecular flexibility index (Phi) is 6.36. The molecule has 0 spiro atoms. The first-order valence-corrected chi connectivity index (χ1v) is 9.03. The molecule has 0 atom stereocenters. The number of benzene rings is 2. The van der Waals surface area contributed by atoms with Crippen LogP contribution in [-0.2, 0) is 6.61 Å². The lowest BCUT2D eigenvalue weighted by Crippen LogP contribution is -2.12. The molecule has 0 aliphatic rings. The molecular formula is C20H17ClN2O6. The Morgan fingerprint density at radius 3 is 2.45 bits per heavy atom. The minimum absolute atomic E-state index is 0.000424. The number of amides is 1. The van der Waals surface area contributed by atoms with Gasteiger partial charge in [-0.15, -0.1) is 0 Å². The largest absolute Gasteiger partial charge is 0.494 e. The molecule has 150 valence electrons. The second-order valence-electron chi connectivity index (χ2n) is 5.83. The van der Waals surface area contributed by atoms with Crippen LogP contribution in [0.25, 0.3) is 0 Å². The standard InChI is InChI=1S/C20H17ClN2O6/c1-2-27-14-4-6-15(7-5-14)28-12-16-8-10-19(29-16)20(24)22-17-9-3-13(21)11-18(17)23(25)26/h3-11H,2,12H2,1H3,(H,22,24). The summed E-state index contributed by atoms with van der Waals surface area (Å²) in [6.07, 6.45) is 0. The second-order valence-corrected chi connectivity index (χ2v) is 6.27. The molecule has 1 heterocycles. The molecule has 0 unspecified atom stereocenters. The smallest absolute Gasteiger partial charge is 0.294 e. The number of carbonyl (C=O) groups excluding carboxylic acids is 1. The normalized spacial score (nSPS) is 10.4. The van der Waals surface area contributed by atoms with E-state index in [0.717, 1.165) is 11.8 Å². The van der Waals surface area contributed by atoms with E-state index < -0.39 is 10.8 Å². The van der Waals surface area contributed by atoms with Crippen molar-refractivity contribution in [3.05, 3.63) is 81.3 Å². The molecule has 0 saturated carbocycles. The van der Waals surface area contributed by atoms with Crippen molar-refractivity contribution in [2.45, 2.75) is 13.5 Å². The van der Waals surface area contributed by atoms with E-state index in [0.29, 0.717) is 18.1 Å². The fourth-order valence-electron chi connectivity index (χ4n) is 2.48. The van der Waals surface area contributed by atoms with Crippen molar-refractivity contribution in [1.82, 2.24) is 0 Å². The van der Waals surface area contributed by atoms with Crippen LogP contribution in [0.1, 0.15) is 23.2 Å². The van der Waals surface area contributed by atoms with Gasteiger partial charge in [0.2, 0.25) is 0 Å². The van der Waals surface area contributed by atoms with Gasteiger partial charge in [-0.3, -0.25) is 14.9 Å². The van der Waals surface area contributed by atoms with Gasteiger partial charge >= 0.3 is 0 Å². The molecule has 2 aromatic carbocycles. The first-order chi connectivity index (χ1) is 14.0. The lowest BCUT2D eigenvalue weighted by Gasteiger charge is -2.06. The van der Waals surface area contributed by atoms with Gasteiger partial charge in [0, 0.05) is 11.1 Å². The molecule has 8 nitrogen and oxygen atoms in total. The minimum Gasteiger partial charge on any atom is -0.494 e. The zero-order valence-electron chi connectivity index (χ0n) is 15.4. The Hall–Kier alpha value is -3.52. The predicted octanol–water partition coefficient (Wildman–Crippen LogP) is 5.07. The van der Waals surface area contributed by atoms with Crippen molar-refractivity contribution in [3.63, 3.8) is 0 Å². The number of rotatable bonds is 8. The lowest BCUT2D eigenvalue weighted by atomic mass is 10.2. The van der Waals surface area contributed by atoms with E-state index in [4.69, 9.17) is 25.5 Å². The fourth-order valence-corrected chi connectivity index (χ4v) is 2.64. The summed E-state index contributed by atoms with van der Waals surface area (Å²) in [6.45, 7) is 2.60. The van der Waals surface area contributed by atoms with Crippen molar-refractivity contribution in [1.29, 1.82) is 0 Å². The Morgan fingerprint density at radius 2 is 1.79 bits per heavy atom. The van der Waals surface area contributed by atoms with Gasteiger partial charge in [0.25, 0.3) is 11.6 Å². The summed E-state index contributed by atoms with van der Waals surface area (Å²) in [6, 6.07) is 14.1. The molecule has 0 aliphatic heterocycles. The molecule has 3 aromatic rings. The maximum absolute atomic E-state index is 12.3. The minimum atomic E-state index is -0.625. The van der Waals surface area contributed by atoms with Crippen molar-refractivity contribution in [3.8, 4) is 11.5 Å². The summed E-state index contributed by atoms with van der Waals surface area (Å²) >= 11 is 5.77. The summed E-state index contributed by atoms with van der Waals surface area (Å²) < 4.78 is 16.4. The van der Waals surface area contributed by atoms with E-state index in [-0.39, 0.29) is 28.8 Å². The number of nitrogens with one attached hydrogen (secondary N) is 1. The Balaban J connectivity index is 1.62. The molecule has 1 N–H and O–H groups in total. The van der Waals surface area contributed by atoms with Gasteiger partial charge in [0.15, 0.2) is 5.76 Å². The van der Waals surface area contributed by atoms with Crippen LogP contribution in [0.3, 0.4) is 0 Å². The fraction of sp³-hybridized carbons (Fsp3) is 0.150. The van der Waals surface area contributed by atoms with E-state index in [1.807, 2.05) is 6.92 Å². The number of hydrogen-bond donors (Lipinski definition) is 1. The first-order valence-electron chi connectivity index (χ1n) is 8.66. The number of anilines is 1. The molecule has 0 saturated heterocycles. The van der Waals surface area contributed by atoms with Crippen molar-refractivity contribution >= 4 is 28.9 Å². The van der Waals surface area contributed by atoms with Crippen molar-refractivity contribution in [2.24, 2.45) is 0 Å². The third kappa shape index (κ3) is 5.26. The van der Waals surface area contributed by atoms with Gasteiger partial charge in [-0.25, -0.2) is 0 Å². The van der Waals surface area contributed by atoms with Gasteiger partial charge in [-0.05, 0) is 55.5 Å². The highest BCUT2D eigenvalue weighted by atomic mass is 35.5. The molecule has 1 amide bonds. The van der Waals surface area contributed by atoms with Crippen LogP contribution in [0, 0.1) is 10.1 Å². The van der Waals surface area contributed by atoms with Gasteiger partial charge in [0.05, 0.1) is 11.5 Å². The number of carbonyl (C=O) groups is 1. The lowest BCUT2D eigenvalue weighted by molar-refractivity contribution is -0.383. The summed E-state index contributed by atoms with van der Waals surface area (Å²) in [5.74, 6) is 1.16. The summed E-state index contributed by atoms with van der Waals surface area (Å²) in [5.41, 5.74) is -0.288. The van der Waals surface area contributed by atoms with Gasteiger partial charge in [-0.1, -0.05) is 11.6 Å². The van der Waals surface area contributed by atoms with Crippen LogP contribution in [-0.4, -0.2) is 17.4 Å². The van der Waals surface area contributed by atoms with Crippen molar-refractivity contribution in [2.75, 3.05) is 11.9 Å². The number of nitrogens with zero attached hydrogens (tertiary/aromatic N) is 1. The maximum Gasteiger partial charge on any atom is 0.294 e. The summed E-state index contributed by atoms with van der Waals surface area (Å²) in [4.78, 5) is 22.8. The van der Waals surface area contributed by atoms with Crippen LogP contribution in [0.2, 0.25) is 5.02 Å². The molecule has 9 heteroatoms. The van der Waals surface area contributed by atoms with Gasteiger partial charge in [0.1, 0.15) is 29.6 Å². The Labute approximate surface area is 171 Å². The van der Waals surface area contributed by atoms with Crippen LogP contribution >= 0.6 is 11.6 Å². The van der Waals surface area contributed by atoms with Crippen LogP contribution in [0.4, 0.5) is 11.4 Å². The molecule has 0 bridgehead atoms. The third-order valence-electron chi connectivity index (χ3n) is 3.81. The molecule has 0 aliphatic carbocycles. The first kappa shape index (κ1) is 20.2. The SMILES string of the molecule is CCOc1ccc(OCc2ccc(C(=O)Nc3ccc(Cl)cc3[N+](=O)[O-])o2)cc1. The number of nitro groups is 1. The average molecular weight is 417 g/mol. The second kappa shape index (κ2) is 9.11. The highest BCUT2D eigenvalue weighted by molar-refractivity contribution is 6.31. The van der Waals surface area contributed by atoms with Crippen LogP contribution in [0.15, 0.2) is 59.0 Å². The highest BCUT2D eigenvalue weighted by Crippen LogP contribution is 2.28. The number of halogens is 1. The summed E-state index contributed by atoms with van der Waals surface area (Å²) in [7, 11) is 0. The quantitative estimate of drug-likeness (QED) is 0.406. The number of ether oxygens (including phenoxy) is 2. The van der Waals surface area contributed by atoms with Crippen LogP contribution < -0.4 is 14.8 Å². The number of hydrogen-bond acceptors (Lipinski definition) is 6. The van der Waals surface area contributed by atoms with E-state index in [9.17, 15) is 14.9 Å². The molecule has 0 radical (unpaired) electrons. The molecule has 1 aromatic heterocycles. The van der Waals surface area contributed by atoms with E-state index >= 15 is 0 Å². The molecule has 29 heavy (non-hydrogen) atoms. The topological polar surface area (TPSA) is 104 Å². The summed E-state index contributed by atoms with van der Waals surface area (Å²) in [5, 5.41) is 13.8. The maximum atomic E-state index is 12.3. The predicted molar refractivity (Wildman–Crippen MR) is 107 cm³/mol. The zero-order chi connectivity index (χ0) is 20.8. The number of nitro benzene ring substituents is 1. The Bertz CT molecular complexity index is 1020. The zero-order valence-corrected chi connectivity index (χ0v) is 16.1. The highest BCUT2D eigenvalue weighted by Gasteiger charge is 2.19. The Morgan fingerprint density at radius 1 is 1.10 bits per heavy atom. The third-order valence-corrected chi connectivity index (χ3v) is 4.04. The molecule has 3 rings (SSSR count).